The first-order chi connectivity index (χ1) is 8.41. The van der Waals surface area contributed by atoms with Crippen molar-refractivity contribution >= 4 is 5.91 Å². The highest BCUT2D eigenvalue weighted by atomic mass is 19.4. The normalized spacial score (nSPS) is 28.8. The van der Waals surface area contributed by atoms with Crippen LogP contribution in [0.5, 0.6) is 0 Å². The number of halogens is 3. The first-order valence-electron chi connectivity index (χ1n) is 6.48. The first kappa shape index (κ1) is 13.6. The maximum absolute atomic E-state index is 12.7. The summed E-state index contributed by atoms with van der Waals surface area (Å²) in [5.74, 6) is -1.43. The summed E-state index contributed by atoms with van der Waals surface area (Å²) in [5.41, 5.74) is 5.19. The predicted molar refractivity (Wildman–Crippen MR) is 60.7 cm³/mol. The average Bonchev–Trinajstić information content (AvgIpc) is 2.88. The van der Waals surface area contributed by atoms with Crippen LogP contribution in [0.25, 0.3) is 0 Å². The molecule has 0 aromatic rings. The van der Waals surface area contributed by atoms with E-state index >= 15 is 0 Å². The number of nitrogens with zero attached hydrogens (tertiary/aromatic N) is 1. The average molecular weight is 264 g/mol. The molecule has 6 heteroatoms. The SMILES string of the molecule is NCCC(CC(=O)N1CC2CCC1C2)C(F)(F)F. The number of carbonyl (C=O) groups excluding carboxylic acids is 1. The Morgan fingerprint density at radius 1 is 1.39 bits per heavy atom. The molecule has 1 amide bonds. The van der Waals surface area contributed by atoms with Crippen molar-refractivity contribution in [2.45, 2.75) is 44.3 Å². The number of nitrogens with two attached hydrogens (primary N) is 1. The van der Waals surface area contributed by atoms with Gasteiger partial charge in [-0.05, 0) is 38.1 Å². The van der Waals surface area contributed by atoms with E-state index in [-0.39, 0.29) is 24.9 Å². The summed E-state index contributed by atoms with van der Waals surface area (Å²) < 4.78 is 38.1. The summed E-state index contributed by atoms with van der Waals surface area (Å²) in [5, 5.41) is 0. The Balaban J connectivity index is 1.93. The molecule has 2 bridgehead atoms. The highest BCUT2D eigenvalue weighted by Gasteiger charge is 2.44. The monoisotopic (exact) mass is 264 g/mol. The molecule has 1 saturated heterocycles. The van der Waals surface area contributed by atoms with E-state index in [0.717, 1.165) is 19.3 Å². The Morgan fingerprint density at radius 3 is 2.56 bits per heavy atom. The van der Waals surface area contributed by atoms with Gasteiger partial charge in [-0.3, -0.25) is 4.79 Å². The van der Waals surface area contributed by atoms with Crippen molar-refractivity contribution in [3.05, 3.63) is 0 Å². The summed E-state index contributed by atoms with van der Waals surface area (Å²) in [6.07, 6.45) is -1.90. The van der Waals surface area contributed by atoms with Crippen LogP contribution >= 0.6 is 0 Å². The molecule has 2 rings (SSSR count). The zero-order valence-electron chi connectivity index (χ0n) is 10.2. The number of carbonyl (C=O) groups is 1. The molecule has 1 aliphatic heterocycles. The second-order valence-corrected chi connectivity index (χ2v) is 5.40. The van der Waals surface area contributed by atoms with Crippen molar-refractivity contribution in [3.63, 3.8) is 0 Å². The van der Waals surface area contributed by atoms with Crippen molar-refractivity contribution in [1.82, 2.24) is 4.90 Å². The van der Waals surface area contributed by atoms with E-state index in [9.17, 15) is 18.0 Å². The lowest BCUT2D eigenvalue weighted by atomic mass is 9.99. The molecule has 2 aliphatic rings. The van der Waals surface area contributed by atoms with Crippen LogP contribution in [0.3, 0.4) is 0 Å². The maximum Gasteiger partial charge on any atom is 0.392 e. The van der Waals surface area contributed by atoms with Crippen LogP contribution in [0.15, 0.2) is 0 Å². The fraction of sp³-hybridized carbons (Fsp3) is 0.917. The molecule has 2 fully saturated rings. The molecule has 0 radical (unpaired) electrons. The lowest BCUT2D eigenvalue weighted by Crippen LogP contribution is -2.40. The van der Waals surface area contributed by atoms with Crippen molar-refractivity contribution < 1.29 is 18.0 Å². The molecule has 2 N–H and O–H groups in total. The number of alkyl halides is 3. The highest BCUT2D eigenvalue weighted by Crippen LogP contribution is 2.39. The molecule has 18 heavy (non-hydrogen) atoms. The zero-order valence-corrected chi connectivity index (χ0v) is 10.2. The van der Waals surface area contributed by atoms with Crippen molar-refractivity contribution in [2.75, 3.05) is 13.1 Å². The molecule has 0 aromatic heterocycles. The van der Waals surface area contributed by atoms with Gasteiger partial charge in [-0.15, -0.1) is 0 Å². The van der Waals surface area contributed by atoms with Crippen LogP contribution in [0, 0.1) is 11.8 Å². The zero-order chi connectivity index (χ0) is 13.3. The number of piperidine rings is 1. The first-order valence-corrected chi connectivity index (χ1v) is 6.48. The summed E-state index contributed by atoms with van der Waals surface area (Å²) in [4.78, 5) is 13.6. The fourth-order valence-electron chi connectivity index (χ4n) is 3.14. The van der Waals surface area contributed by atoms with Crippen molar-refractivity contribution in [2.24, 2.45) is 17.6 Å². The molecule has 104 valence electrons. The summed E-state index contributed by atoms with van der Waals surface area (Å²) in [6.45, 7) is 0.611. The second-order valence-electron chi connectivity index (χ2n) is 5.40. The summed E-state index contributed by atoms with van der Waals surface area (Å²) in [6, 6.07) is 0.189. The number of hydrogen-bond donors (Lipinski definition) is 1. The molecule has 1 heterocycles. The minimum absolute atomic E-state index is 0.0382. The van der Waals surface area contributed by atoms with Gasteiger partial charge in [-0.2, -0.15) is 13.2 Å². The van der Waals surface area contributed by atoms with Crippen LogP contribution in [-0.2, 0) is 4.79 Å². The van der Waals surface area contributed by atoms with Crippen molar-refractivity contribution in [3.8, 4) is 0 Å². The third kappa shape index (κ3) is 2.79. The quantitative estimate of drug-likeness (QED) is 0.843. The number of amides is 1. The minimum atomic E-state index is -4.33. The van der Waals surface area contributed by atoms with E-state index in [1.807, 2.05) is 0 Å². The second kappa shape index (κ2) is 5.07. The van der Waals surface area contributed by atoms with Gasteiger partial charge in [0, 0.05) is 19.0 Å². The van der Waals surface area contributed by atoms with E-state index in [4.69, 9.17) is 5.73 Å². The van der Waals surface area contributed by atoms with E-state index in [1.165, 1.54) is 0 Å². The molecule has 3 atom stereocenters. The third-order valence-electron chi connectivity index (χ3n) is 4.13. The largest absolute Gasteiger partial charge is 0.392 e. The van der Waals surface area contributed by atoms with Gasteiger partial charge in [-0.1, -0.05) is 0 Å². The van der Waals surface area contributed by atoms with Gasteiger partial charge in [0.25, 0.3) is 0 Å². The summed E-state index contributed by atoms with van der Waals surface area (Å²) in [7, 11) is 0. The molecular formula is C12H19F3N2O. The number of hydrogen-bond acceptors (Lipinski definition) is 2. The topological polar surface area (TPSA) is 46.3 Å². The molecule has 0 spiro atoms. The fourth-order valence-corrected chi connectivity index (χ4v) is 3.14. The number of likely N-dealkylation sites (tertiary alicyclic amines) is 1. The van der Waals surface area contributed by atoms with E-state index in [2.05, 4.69) is 0 Å². The van der Waals surface area contributed by atoms with E-state index < -0.39 is 18.5 Å². The smallest absolute Gasteiger partial charge is 0.339 e. The number of rotatable bonds is 4. The van der Waals surface area contributed by atoms with E-state index in [0.29, 0.717) is 12.5 Å². The maximum atomic E-state index is 12.7. The summed E-state index contributed by atoms with van der Waals surface area (Å²) >= 11 is 0. The van der Waals surface area contributed by atoms with Crippen LogP contribution in [0.2, 0.25) is 0 Å². The van der Waals surface area contributed by atoms with Gasteiger partial charge in [0.1, 0.15) is 0 Å². The lowest BCUT2D eigenvalue weighted by Gasteiger charge is -2.29. The van der Waals surface area contributed by atoms with Crippen LogP contribution in [0.4, 0.5) is 13.2 Å². The van der Waals surface area contributed by atoms with Gasteiger partial charge in [0.15, 0.2) is 0 Å². The van der Waals surface area contributed by atoms with Gasteiger partial charge >= 0.3 is 6.18 Å². The lowest BCUT2D eigenvalue weighted by molar-refractivity contribution is -0.182. The molecular weight excluding hydrogens is 245 g/mol. The van der Waals surface area contributed by atoms with E-state index in [1.54, 1.807) is 4.90 Å². The van der Waals surface area contributed by atoms with Crippen LogP contribution < -0.4 is 5.73 Å². The van der Waals surface area contributed by atoms with Crippen molar-refractivity contribution in [1.29, 1.82) is 0 Å². The Hall–Kier alpha value is -0.780. The van der Waals surface area contributed by atoms with Gasteiger partial charge < -0.3 is 10.6 Å². The van der Waals surface area contributed by atoms with Gasteiger partial charge in [0.05, 0.1) is 5.92 Å². The molecule has 1 saturated carbocycles. The van der Waals surface area contributed by atoms with Crippen LogP contribution in [0.1, 0.15) is 32.1 Å². The minimum Gasteiger partial charge on any atom is -0.339 e. The molecule has 1 aliphatic carbocycles. The molecule has 0 aromatic carbocycles. The number of fused-ring (bicyclic) bond motifs is 2. The Labute approximate surface area is 104 Å². The molecule has 3 nitrogen and oxygen atoms in total. The van der Waals surface area contributed by atoms with Gasteiger partial charge in [0.2, 0.25) is 5.91 Å². The molecule has 3 unspecified atom stereocenters. The van der Waals surface area contributed by atoms with Crippen LogP contribution in [-0.4, -0.2) is 36.1 Å². The Kier molecular flexibility index (Phi) is 3.84. The predicted octanol–water partition coefficient (Wildman–Crippen LogP) is 1.91. The van der Waals surface area contributed by atoms with Gasteiger partial charge in [-0.25, -0.2) is 0 Å². The Morgan fingerprint density at radius 2 is 2.11 bits per heavy atom. The standard InChI is InChI=1S/C12H19F3N2O/c13-12(14,15)9(3-4-16)6-11(18)17-7-8-1-2-10(17)5-8/h8-10H,1-7,16H2. The third-order valence-corrected chi connectivity index (χ3v) is 4.13. The Bertz CT molecular complexity index is 319. The highest BCUT2D eigenvalue weighted by molar-refractivity contribution is 5.77.